The number of benzene rings is 2. The Morgan fingerprint density at radius 1 is 0.960 bits per heavy atom. The Bertz CT molecular complexity index is 913. The highest BCUT2D eigenvalue weighted by molar-refractivity contribution is 6.40. The van der Waals surface area contributed by atoms with Crippen molar-refractivity contribution in [2.45, 2.75) is 0 Å². The van der Waals surface area contributed by atoms with Crippen molar-refractivity contribution in [1.82, 2.24) is 4.98 Å². The second kappa shape index (κ2) is 7.51. The van der Waals surface area contributed by atoms with E-state index in [2.05, 4.69) is 15.6 Å². The number of carbonyl (C=O) groups is 1. The van der Waals surface area contributed by atoms with Gasteiger partial charge in [0.2, 0.25) is 0 Å². The van der Waals surface area contributed by atoms with Crippen molar-refractivity contribution in [3.8, 4) is 0 Å². The van der Waals surface area contributed by atoms with Crippen LogP contribution in [-0.2, 0) is 0 Å². The second-order valence-corrected chi connectivity index (χ2v) is 5.96. The maximum absolute atomic E-state index is 13.3. The number of rotatable bonds is 4. The van der Waals surface area contributed by atoms with Crippen LogP contribution >= 0.6 is 23.2 Å². The molecule has 2 aromatic carbocycles. The Morgan fingerprint density at radius 2 is 1.68 bits per heavy atom. The number of hydrogen-bond donors (Lipinski definition) is 2. The minimum atomic E-state index is -0.412. The average Bonchev–Trinajstić information content (AvgIpc) is 2.58. The number of aromatic nitrogens is 1. The third kappa shape index (κ3) is 4.26. The summed E-state index contributed by atoms with van der Waals surface area (Å²) in [7, 11) is 0. The maximum Gasteiger partial charge on any atom is 0.257 e. The maximum atomic E-state index is 13.3. The second-order valence-electron chi connectivity index (χ2n) is 5.15. The highest BCUT2D eigenvalue weighted by Crippen LogP contribution is 2.30. The third-order valence-electron chi connectivity index (χ3n) is 3.32. The first-order valence-electron chi connectivity index (χ1n) is 7.26. The van der Waals surface area contributed by atoms with E-state index >= 15 is 0 Å². The lowest BCUT2D eigenvalue weighted by Crippen LogP contribution is -2.13. The molecule has 0 spiro atoms. The predicted octanol–water partition coefficient (Wildman–Crippen LogP) is 5.52. The Kier molecular flexibility index (Phi) is 5.16. The molecule has 3 rings (SSSR count). The highest BCUT2D eigenvalue weighted by atomic mass is 35.5. The summed E-state index contributed by atoms with van der Waals surface area (Å²) in [6.07, 6.45) is 2.95. The smallest absolute Gasteiger partial charge is 0.257 e. The molecule has 4 nitrogen and oxygen atoms in total. The molecular weight excluding hydrogens is 364 g/mol. The number of pyridine rings is 1. The summed E-state index contributed by atoms with van der Waals surface area (Å²) in [5, 5.41) is 6.33. The van der Waals surface area contributed by atoms with Crippen LogP contribution < -0.4 is 10.6 Å². The van der Waals surface area contributed by atoms with Gasteiger partial charge in [0.05, 0.1) is 33.2 Å². The molecule has 0 atom stereocenters. The van der Waals surface area contributed by atoms with Crippen LogP contribution in [0.2, 0.25) is 10.0 Å². The Labute approximate surface area is 153 Å². The van der Waals surface area contributed by atoms with Crippen LogP contribution in [0.3, 0.4) is 0 Å². The molecule has 1 aromatic heterocycles. The van der Waals surface area contributed by atoms with E-state index in [0.29, 0.717) is 32.7 Å². The number of anilines is 3. The molecule has 0 aliphatic carbocycles. The van der Waals surface area contributed by atoms with Gasteiger partial charge in [-0.1, -0.05) is 35.3 Å². The fourth-order valence-electron chi connectivity index (χ4n) is 2.17. The van der Waals surface area contributed by atoms with E-state index < -0.39 is 5.91 Å². The predicted molar refractivity (Wildman–Crippen MR) is 98.3 cm³/mol. The van der Waals surface area contributed by atoms with E-state index in [1.165, 1.54) is 24.5 Å². The van der Waals surface area contributed by atoms with Crippen LogP contribution in [-0.4, -0.2) is 10.9 Å². The highest BCUT2D eigenvalue weighted by Gasteiger charge is 2.12. The molecule has 0 unspecified atom stereocenters. The fourth-order valence-corrected chi connectivity index (χ4v) is 2.66. The Hall–Kier alpha value is -2.63. The minimum Gasteiger partial charge on any atom is -0.354 e. The number of nitrogens with zero attached hydrogens (tertiary/aromatic N) is 1. The number of halogens is 3. The van der Waals surface area contributed by atoms with Crippen molar-refractivity contribution in [3.63, 3.8) is 0 Å². The lowest BCUT2D eigenvalue weighted by Gasteiger charge is -2.10. The summed E-state index contributed by atoms with van der Waals surface area (Å²) >= 11 is 12.1. The van der Waals surface area contributed by atoms with Crippen LogP contribution in [0.25, 0.3) is 0 Å². The van der Waals surface area contributed by atoms with Gasteiger partial charge in [0.15, 0.2) is 0 Å². The molecular formula is C18H12Cl2FN3O. The van der Waals surface area contributed by atoms with Gasteiger partial charge in [-0.3, -0.25) is 9.78 Å². The summed E-state index contributed by atoms with van der Waals surface area (Å²) in [4.78, 5) is 16.4. The van der Waals surface area contributed by atoms with Crippen LogP contribution in [0, 0.1) is 5.82 Å². The average molecular weight is 376 g/mol. The fraction of sp³-hybridized carbons (Fsp3) is 0. The topological polar surface area (TPSA) is 54.0 Å². The molecule has 1 amide bonds. The number of hydrogen-bond acceptors (Lipinski definition) is 3. The van der Waals surface area contributed by atoms with Gasteiger partial charge in [-0.2, -0.15) is 0 Å². The van der Waals surface area contributed by atoms with Crippen molar-refractivity contribution in [3.05, 3.63) is 82.4 Å². The van der Waals surface area contributed by atoms with Crippen molar-refractivity contribution in [1.29, 1.82) is 0 Å². The zero-order chi connectivity index (χ0) is 17.8. The normalized spacial score (nSPS) is 10.4. The van der Waals surface area contributed by atoms with Gasteiger partial charge in [-0.15, -0.1) is 0 Å². The standard InChI is InChI=1S/C18H12Cl2FN3O/c19-15-5-2-6-16(20)17(15)24-18(25)11-7-14(10-22-9-11)23-13-4-1-3-12(21)8-13/h1-10,23H,(H,24,25). The van der Waals surface area contributed by atoms with E-state index in [9.17, 15) is 9.18 Å². The van der Waals surface area contributed by atoms with Gasteiger partial charge in [-0.05, 0) is 36.4 Å². The largest absolute Gasteiger partial charge is 0.354 e. The monoisotopic (exact) mass is 375 g/mol. The third-order valence-corrected chi connectivity index (χ3v) is 3.94. The SMILES string of the molecule is O=C(Nc1c(Cl)cccc1Cl)c1cncc(Nc2cccc(F)c2)c1. The van der Waals surface area contributed by atoms with E-state index in [1.807, 2.05) is 0 Å². The first kappa shape index (κ1) is 17.2. The van der Waals surface area contributed by atoms with E-state index in [-0.39, 0.29) is 5.82 Å². The molecule has 0 saturated heterocycles. The molecule has 126 valence electrons. The van der Waals surface area contributed by atoms with Crippen molar-refractivity contribution in [2.75, 3.05) is 10.6 Å². The zero-order valence-electron chi connectivity index (χ0n) is 12.8. The molecule has 0 aliphatic heterocycles. The van der Waals surface area contributed by atoms with Gasteiger partial charge in [0.1, 0.15) is 5.82 Å². The van der Waals surface area contributed by atoms with Gasteiger partial charge < -0.3 is 10.6 Å². The van der Waals surface area contributed by atoms with Crippen LogP contribution in [0.15, 0.2) is 60.9 Å². The van der Waals surface area contributed by atoms with Gasteiger partial charge in [-0.25, -0.2) is 4.39 Å². The lowest BCUT2D eigenvalue weighted by atomic mass is 10.2. The van der Waals surface area contributed by atoms with Crippen molar-refractivity contribution in [2.24, 2.45) is 0 Å². The minimum absolute atomic E-state index is 0.303. The molecule has 3 aromatic rings. The number of nitrogens with one attached hydrogen (secondary N) is 2. The van der Waals surface area contributed by atoms with E-state index in [4.69, 9.17) is 23.2 Å². The van der Waals surface area contributed by atoms with E-state index in [1.54, 1.807) is 36.4 Å². The van der Waals surface area contributed by atoms with Crippen LogP contribution in [0.4, 0.5) is 21.5 Å². The molecule has 0 aliphatic rings. The first-order chi connectivity index (χ1) is 12.0. The lowest BCUT2D eigenvalue weighted by molar-refractivity contribution is 0.102. The summed E-state index contributed by atoms with van der Waals surface area (Å²) in [6.45, 7) is 0. The van der Waals surface area contributed by atoms with E-state index in [0.717, 1.165) is 0 Å². The molecule has 1 heterocycles. The first-order valence-corrected chi connectivity index (χ1v) is 8.01. The number of para-hydroxylation sites is 1. The van der Waals surface area contributed by atoms with Gasteiger partial charge in [0.25, 0.3) is 5.91 Å². The quantitative estimate of drug-likeness (QED) is 0.630. The Morgan fingerprint density at radius 3 is 2.40 bits per heavy atom. The molecule has 0 radical (unpaired) electrons. The molecule has 0 bridgehead atoms. The van der Waals surface area contributed by atoms with Gasteiger partial charge >= 0.3 is 0 Å². The molecule has 7 heteroatoms. The van der Waals surface area contributed by atoms with Crippen LogP contribution in [0.5, 0.6) is 0 Å². The van der Waals surface area contributed by atoms with Crippen LogP contribution in [0.1, 0.15) is 10.4 Å². The van der Waals surface area contributed by atoms with Crippen molar-refractivity contribution >= 4 is 46.2 Å². The molecule has 25 heavy (non-hydrogen) atoms. The summed E-state index contributed by atoms with van der Waals surface area (Å²) in [5.74, 6) is -0.773. The zero-order valence-corrected chi connectivity index (χ0v) is 14.3. The number of amides is 1. The Balaban J connectivity index is 1.80. The molecule has 0 fully saturated rings. The molecule has 0 saturated carbocycles. The number of carbonyl (C=O) groups excluding carboxylic acids is 1. The summed E-state index contributed by atoms with van der Waals surface area (Å²) in [6, 6.07) is 12.5. The summed E-state index contributed by atoms with van der Waals surface area (Å²) < 4.78 is 13.3. The molecule has 2 N–H and O–H groups in total. The summed E-state index contributed by atoms with van der Waals surface area (Å²) in [5.41, 5.74) is 1.73. The van der Waals surface area contributed by atoms with Crippen molar-refractivity contribution < 1.29 is 9.18 Å². The van der Waals surface area contributed by atoms with Gasteiger partial charge in [0, 0.05) is 11.9 Å².